The molecule has 24 heavy (non-hydrogen) atoms. The molecule has 0 aliphatic heterocycles. The quantitative estimate of drug-likeness (QED) is 0.608. The fraction of sp³-hybridized carbons (Fsp3) is 0.118. The van der Waals surface area contributed by atoms with Gasteiger partial charge < -0.3 is 15.0 Å². The van der Waals surface area contributed by atoms with E-state index in [9.17, 15) is 4.79 Å². The van der Waals surface area contributed by atoms with Gasteiger partial charge in [-0.2, -0.15) is 5.10 Å². The van der Waals surface area contributed by atoms with Crippen LogP contribution >= 0.6 is 0 Å². The molecule has 0 aliphatic rings. The molecule has 0 unspecified atom stereocenters. The van der Waals surface area contributed by atoms with Gasteiger partial charge in [0.1, 0.15) is 11.3 Å². The Labute approximate surface area is 137 Å². The largest absolute Gasteiger partial charge is 0.495 e. The Kier molecular flexibility index (Phi) is 3.19. The average Bonchev–Trinajstić information content (AvgIpc) is 3.16. The van der Waals surface area contributed by atoms with E-state index in [1.807, 2.05) is 25.1 Å². The average molecular weight is 321 g/mol. The van der Waals surface area contributed by atoms with E-state index in [1.54, 1.807) is 30.1 Å². The summed E-state index contributed by atoms with van der Waals surface area (Å²) in [5.74, 6) is 0.309. The zero-order chi connectivity index (χ0) is 16.7. The number of carbonyl (C=O) groups is 1. The normalized spacial score (nSPS) is 11.1. The topological polar surface area (TPSA) is 84.3 Å². The van der Waals surface area contributed by atoms with Gasteiger partial charge in [0.05, 0.1) is 19.0 Å². The van der Waals surface area contributed by atoms with Crippen LogP contribution in [-0.4, -0.2) is 32.6 Å². The van der Waals surface area contributed by atoms with Crippen molar-refractivity contribution >= 4 is 28.1 Å². The van der Waals surface area contributed by atoms with E-state index in [4.69, 9.17) is 4.74 Å². The van der Waals surface area contributed by atoms with Crippen molar-refractivity contribution in [1.82, 2.24) is 19.6 Å². The molecule has 0 bridgehead atoms. The third-order valence-electron chi connectivity index (χ3n) is 3.85. The van der Waals surface area contributed by atoms with Crippen LogP contribution in [0, 0.1) is 6.92 Å². The number of ether oxygens (including phenoxy) is 1. The van der Waals surface area contributed by atoms with Crippen LogP contribution in [0.5, 0.6) is 5.75 Å². The van der Waals surface area contributed by atoms with Crippen LogP contribution in [0.25, 0.3) is 16.6 Å². The molecule has 3 heterocycles. The van der Waals surface area contributed by atoms with E-state index < -0.39 is 0 Å². The number of aryl methyl sites for hydroxylation is 1. The zero-order valence-electron chi connectivity index (χ0n) is 13.2. The molecule has 4 aromatic rings. The number of methoxy groups -OCH3 is 1. The number of H-pyrrole nitrogens is 1. The Morgan fingerprint density at radius 3 is 3.04 bits per heavy atom. The highest BCUT2D eigenvalue weighted by Crippen LogP contribution is 2.31. The second kappa shape index (κ2) is 5.38. The number of anilines is 1. The van der Waals surface area contributed by atoms with Gasteiger partial charge in [0.25, 0.3) is 5.91 Å². The first-order chi connectivity index (χ1) is 11.7. The fourth-order valence-corrected chi connectivity index (χ4v) is 2.75. The summed E-state index contributed by atoms with van der Waals surface area (Å²) in [4.78, 5) is 20.1. The summed E-state index contributed by atoms with van der Waals surface area (Å²) in [7, 11) is 1.58. The Morgan fingerprint density at radius 1 is 1.33 bits per heavy atom. The maximum absolute atomic E-state index is 12.6. The molecule has 0 saturated carbocycles. The molecule has 0 atom stereocenters. The number of amides is 1. The number of carbonyl (C=O) groups excluding carboxylic acids is 1. The van der Waals surface area contributed by atoms with Crippen molar-refractivity contribution in [3.05, 3.63) is 54.1 Å². The Balaban J connectivity index is 1.74. The first kappa shape index (κ1) is 14.3. The molecule has 0 fully saturated rings. The molecular formula is C17H15N5O2. The minimum absolute atomic E-state index is 0.287. The van der Waals surface area contributed by atoms with Crippen molar-refractivity contribution in [2.75, 3.05) is 12.4 Å². The van der Waals surface area contributed by atoms with Crippen LogP contribution in [-0.2, 0) is 0 Å². The molecule has 0 saturated heterocycles. The number of nitrogens with one attached hydrogen (secondary N) is 2. The highest BCUT2D eigenvalue weighted by Gasteiger charge is 2.16. The number of aromatic nitrogens is 4. The third-order valence-corrected chi connectivity index (χ3v) is 3.85. The van der Waals surface area contributed by atoms with Gasteiger partial charge in [-0.3, -0.25) is 4.79 Å². The van der Waals surface area contributed by atoms with Crippen LogP contribution in [0.3, 0.4) is 0 Å². The van der Waals surface area contributed by atoms with E-state index in [1.165, 1.54) is 6.20 Å². The minimum atomic E-state index is -0.287. The minimum Gasteiger partial charge on any atom is -0.495 e. The lowest BCUT2D eigenvalue weighted by atomic mass is 10.2. The summed E-state index contributed by atoms with van der Waals surface area (Å²) >= 11 is 0. The number of hydrogen-bond donors (Lipinski definition) is 2. The third kappa shape index (κ3) is 2.26. The standard InChI is InChI=1S/C17H15N5O2/c1-10-6-11-7-15(24-2)14(8-13(11)20-10)21-17(23)12-9-19-22-5-3-4-18-16(12)22/h3-9,20H,1-2H3,(H,21,23). The second-order valence-corrected chi connectivity index (χ2v) is 5.49. The molecule has 3 aromatic heterocycles. The van der Waals surface area contributed by atoms with Crippen LogP contribution in [0.2, 0.25) is 0 Å². The summed E-state index contributed by atoms with van der Waals surface area (Å²) in [5, 5.41) is 8.04. The molecule has 0 spiro atoms. The van der Waals surface area contributed by atoms with Gasteiger partial charge in [-0.1, -0.05) is 0 Å². The van der Waals surface area contributed by atoms with Gasteiger partial charge in [-0.25, -0.2) is 9.50 Å². The van der Waals surface area contributed by atoms with Crippen LogP contribution in [0.4, 0.5) is 5.69 Å². The molecule has 0 radical (unpaired) electrons. The van der Waals surface area contributed by atoms with E-state index in [0.717, 1.165) is 16.6 Å². The Bertz CT molecular complexity index is 1060. The molecule has 7 heteroatoms. The van der Waals surface area contributed by atoms with E-state index >= 15 is 0 Å². The predicted molar refractivity (Wildman–Crippen MR) is 90.5 cm³/mol. The first-order valence-electron chi connectivity index (χ1n) is 7.43. The predicted octanol–water partition coefficient (Wildman–Crippen LogP) is 2.78. The highest BCUT2D eigenvalue weighted by molar-refractivity contribution is 6.09. The maximum Gasteiger partial charge on any atom is 0.261 e. The molecular weight excluding hydrogens is 306 g/mol. The molecule has 2 N–H and O–H groups in total. The van der Waals surface area contributed by atoms with Gasteiger partial charge in [0.2, 0.25) is 0 Å². The van der Waals surface area contributed by atoms with Gasteiger partial charge in [-0.05, 0) is 31.2 Å². The zero-order valence-corrected chi connectivity index (χ0v) is 13.2. The van der Waals surface area contributed by atoms with Crippen molar-refractivity contribution in [2.24, 2.45) is 0 Å². The Hall–Kier alpha value is -3.35. The summed E-state index contributed by atoms with van der Waals surface area (Å²) < 4.78 is 6.96. The molecule has 120 valence electrons. The summed E-state index contributed by atoms with van der Waals surface area (Å²) in [5.41, 5.74) is 3.47. The number of benzene rings is 1. The lowest BCUT2D eigenvalue weighted by Crippen LogP contribution is -2.12. The van der Waals surface area contributed by atoms with Crippen LogP contribution < -0.4 is 10.1 Å². The summed E-state index contributed by atoms with van der Waals surface area (Å²) in [6.45, 7) is 1.98. The van der Waals surface area contributed by atoms with Gasteiger partial charge >= 0.3 is 0 Å². The van der Waals surface area contributed by atoms with Crippen molar-refractivity contribution in [3.8, 4) is 5.75 Å². The highest BCUT2D eigenvalue weighted by atomic mass is 16.5. The summed E-state index contributed by atoms with van der Waals surface area (Å²) in [6, 6.07) is 7.53. The number of rotatable bonds is 3. The van der Waals surface area contributed by atoms with Crippen molar-refractivity contribution < 1.29 is 9.53 Å². The molecule has 7 nitrogen and oxygen atoms in total. The van der Waals surface area contributed by atoms with Crippen LogP contribution in [0.1, 0.15) is 16.1 Å². The van der Waals surface area contributed by atoms with Crippen molar-refractivity contribution in [1.29, 1.82) is 0 Å². The smallest absolute Gasteiger partial charge is 0.261 e. The summed E-state index contributed by atoms with van der Waals surface area (Å²) in [6.07, 6.45) is 4.87. The van der Waals surface area contributed by atoms with Gasteiger partial charge in [0, 0.05) is 29.0 Å². The number of aromatic amines is 1. The molecule has 1 aromatic carbocycles. The van der Waals surface area contributed by atoms with E-state index in [-0.39, 0.29) is 5.91 Å². The van der Waals surface area contributed by atoms with Crippen molar-refractivity contribution in [2.45, 2.75) is 6.92 Å². The molecule has 1 amide bonds. The van der Waals surface area contributed by atoms with Crippen LogP contribution in [0.15, 0.2) is 42.9 Å². The second-order valence-electron chi connectivity index (χ2n) is 5.49. The van der Waals surface area contributed by atoms with Crippen molar-refractivity contribution in [3.63, 3.8) is 0 Å². The molecule has 0 aliphatic carbocycles. The van der Waals surface area contributed by atoms with Gasteiger partial charge in [0.15, 0.2) is 5.65 Å². The SMILES string of the molecule is COc1cc2cc(C)[nH]c2cc1NC(=O)c1cnn2cccnc12. The van der Waals surface area contributed by atoms with E-state index in [2.05, 4.69) is 20.4 Å². The number of hydrogen-bond acceptors (Lipinski definition) is 4. The Morgan fingerprint density at radius 2 is 2.21 bits per heavy atom. The lowest BCUT2D eigenvalue weighted by molar-refractivity contribution is 0.102. The fourth-order valence-electron chi connectivity index (χ4n) is 2.75. The maximum atomic E-state index is 12.6. The lowest BCUT2D eigenvalue weighted by Gasteiger charge is -2.10. The molecule has 4 rings (SSSR count). The number of nitrogens with zero attached hydrogens (tertiary/aromatic N) is 3. The van der Waals surface area contributed by atoms with E-state index in [0.29, 0.717) is 22.6 Å². The number of fused-ring (bicyclic) bond motifs is 2. The monoisotopic (exact) mass is 321 g/mol. The van der Waals surface area contributed by atoms with Gasteiger partial charge in [-0.15, -0.1) is 0 Å². The first-order valence-corrected chi connectivity index (χ1v) is 7.43.